The van der Waals surface area contributed by atoms with Gasteiger partial charge in [0.2, 0.25) is 5.95 Å². The van der Waals surface area contributed by atoms with Crippen molar-refractivity contribution in [3.8, 4) is 5.75 Å². The van der Waals surface area contributed by atoms with E-state index < -0.39 is 0 Å². The van der Waals surface area contributed by atoms with Crippen LogP contribution in [0.1, 0.15) is 33.6 Å². The van der Waals surface area contributed by atoms with Gasteiger partial charge < -0.3 is 15.0 Å². The van der Waals surface area contributed by atoms with Crippen LogP contribution in [0.2, 0.25) is 0 Å². The molecule has 0 radical (unpaired) electrons. The third-order valence-electron chi connectivity index (χ3n) is 3.33. The first kappa shape index (κ1) is 17.1. The molecule has 0 aliphatic carbocycles. The summed E-state index contributed by atoms with van der Waals surface area (Å²) in [6.45, 7) is 7.17. The highest BCUT2D eigenvalue weighted by Gasteiger charge is 2.05. The Labute approximate surface area is 138 Å². The third-order valence-corrected chi connectivity index (χ3v) is 3.33. The summed E-state index contributed by atoms with van der Waals surface area (Å²) in [6, 6.07) is 9.76. The van der Waals surface area contributed by atoms with E-state index in [-0.39, 0.29) is 6.10 Å². The van der Waals surface area contributed by atoms with Gasteiger partial charge in [0.25, 0.3) is 0 Å². The Morgan fingerprint density at radius 1 is 1.17 bits per heavy atom. The largest absolute Gasteiger partial charge is 0.491 e. The summed E-state index contributed by atoms with van der Waals surface area (Å²) < 4.78 is 5.65. The van der Waals surface area contributed by atoms with Crippen LogP contribution in [0, 0.1) is 0 Å². The van der Waals surface area contributed by atoms with Gasteiger partial charge in [0.05, 0.1) is 6.10 Å². The first-order chi connectivity index (χ1) is 11.1. The minimum absolute atomic E-state index is 0.178. The van der Waals surface area contributed by atoms with Crippen molar-refractivity contribution in [2.45, 2.75) is 39.7 Å². The molecule has 1 aromatic carbocycles. The highest BCUT2D eigenvalue weighted by Crippen LogP contribution is 2.20. The minimum Gasteiger partial charge on any atom is -0.491 e. The van der Waals surface area contributed by atoms with E-state index in [9.17, 15) is 0 Å². The first-order valence-electron chi connectivity index (χ1n) is 8.16. The number of rotatable bonds is 8. The van der Waals surface area contributed by atoms with E-state index >= 15 is 0 Å². The molecular formula is C18H26N4O. The number of nitrogens with one attached hydrogen (secondary N) is 1. The average Bonchev–Trinajstić information content (AvgIpc) is 2.54. The summed E-state index contributed by atoms with van der Waals surface area (Å²) in [5.41, 5.74) is 0.974. The molecule has 2 aromatic rings. The zero-order valence-corrected chi connectivity index (χ0v) is 14.4. The lowest BCUT2D eigenvalue weighted by Gasteiger charge is -2.17. The Bertz CT molecular complexity index is 598. The van der Waals surface area contributed by atoms with Crippen molar-refractivity contribution in [3.63, 3.8) is 0 Å². The summed E-state index contributed by atoms with van der Waals surface area (Å²) in [6.07, 6.45) is 4.25. The number of hydrogen-bond acceptors (Lipinski definition) is 5. The number of anilines is 3. The van der Waals surface area contributed by atoms with E-state index in [0.29, 0.717) is 0 Å². The lowest BCUT2D eigenvalue weighted by molar-refractivity contribution is 0.242. The van der Waals surface area contributed by atoms with Gasteiger partial charge in [0.15, 0.2) is 0 Å². The predicted octanol–water partition coefficient (Wildman–Crippen LogP) is 4.24. The summed E-state index contributed by atoms with van der Waals surface area (Å²) >= 11 is 0. The van der Waals surface area contributed by atoms with Crippen LogP contribution in [0.15, 0.2) is 36.5 Å². The Morgan fingerprint density at radius 3 is 2.57 bits per heavy atom. The highest BCUT2D eigenvalue weighted by atomic mass is 16.5. The zero-order valence-electron chi connectivity index (χ0n) is 14.4. The van der Waals surface area contributed by atoms with E-state index in [1.54, 1.807) is 6.20 Å². The van der Waals surface area contributed by atoms with Crippen LogP contribution in [-0.2, 0) is 0 Å². The number of ether oxygens (including phenoxy) is 1. The maximum Gasteiger partial charge on any atom is 0.227 e. The van der Waals surface area contributed by atoms with Gasteiger partial charge in [0.1, 0.15) is 11.6 Å². The average molecular weight is 314 g/mol. The molecule has 0 amide bonds. The molecule has 2 rings (SSSR count). The van der Waals surface area contributed by atoms with E-state index in [2.05, 4.69) is 27.1 Å². The Balaban J connectivity index is 2.02. The Morgan fingerprint density at radius 2 is 1.91 bits per heavy atom. The molecule has 1 N–H and O–H groups in total. The van der Waals surface area contributed by atoms with Crippen molar-refractivity contribution in [1.82, 2.24) is 9.97 Å². The zero-order chi connectivity index (χ0) is 16.7. The van der Waals surface area contributed by atoms with Crippen molar-refractivity contribution in [3.05, 3.63) is 36.5 Å². The second-order valence-corrected chi connectivity index (χ2v) is 5.83. The molecule has 0 unspecified atom stereocenters. The second-order valence-electron chi connectivity index (χ2n) is 5.83. The lowest BCUT2D eigenvalue weighted by Crippen LogP contribution is -2.21. The normalized spacial score (nSPS) is 10.7. The Hall–Kier alpha value is -2.30. The standard InChI is InChI=1S/C18H26N4O/c1-5-6-13-22(4)18-19-12-11-17(21-18)20-15-7-9-16(10-8-15)23-14(2)3/h7-12,14H,5-6,13H2,1-4H3,(H,19,20,21). The lowest BCUT2D eigenvalue weighted by atomic mass is 10.3. The topological polar surface area (TPSA) is 50.3 Å². The second kappa shape index (κ2) is 8.36. The van der Waals surface area contributed by atoms with Gasteiger partial charge in [0, 0.05) is 25.5 Å². The molecule has 1 heterocycles. The maximum atomic E-state index is 5.65. The number of benzene rings is 1. The SMILES string of the molecule is CCCCN(C)c1nccc(Nc2ccc(OC(C)C)cc2)n1. The highest BCUT2D eigenvalue weighted by molar-refractivity contribution is 5.57. The van der Waals surface area contributed by atoms with Gasteiger partial charge in [-0.15, -0.1) is 0 Å². The number of unbranched alkanes of at least 4 members (excludes halogenated alkanes) is 1. The van der Waals surface area contributed by atoms with Crippen LogP contribution >= 0.6 is 0 Å². The number of aromatic nitrogens is 2. The van der Waals surface area contributed by atoms with E-state index in [1.165, 1.54) is 0 Å². The fraction of sp³-hybridized carbons (Fsp3) is 0.444. The molecule has 0 aliphatic rings. The monoisotopic (exact) mass is 314 g/mol. The summed E-state index contributed by atoms with van der Waals surface area (Å²) in [7, 11) is 2.02. The molecule has 0 saturated carbocycles. The van der Waals surface area contributed by atoms with Crippen LogP contribution in [0.3, 0.4) is 0 Å². The van der Waals surface area contributed by atoms with Crippen LogP contribution in [0.25, 0.3) is 0 Å². The molecule has 0 bridgehead atoms. The molecule has 0 aliphatic heterocycles. The minimum atomic E-state index is 0.178. The molecule has 23 heavy (non-hydrogen) atoms. The van der Waals surface area contributed by atoms with Crippen LogP contribution in [0.4, 0.5) is 17.5 Å². The van der Waals surface area contributed by atoms with Gasteiger partial charge >= 0.3 is 0 Å². The number of nitrogens with zero attached hydrogens (tertiary/aromatic N) is 3. The van der Waals surface area contributed by atoms with E-state index in [0.717, 1.165) is 42.6 Å². The summed E-state index contributed by atoms with van der Waals surface area (Å²) in [4.78, 5) is 11.0. The smallest absolute Gasteiger partial charge is 0.227 e. The van der Waals surface area contributed by atoms with Gasteiger partial charge in [-0.05, 0) is 50.6 Å². The fourth-order valence-corrected chi connectivity index (χ4v) is 2.13. The van der Waals surface area contributed by atoms with Crippen molar-refractivity contribution in [2.24, 2.45) is 0 Å². The van der Waals surface area contributed by atoms with Gasteiger partial charge in [-0.3, -0.25) is 0 Å². The molecular weight excluding hydrogens is 288 g/mol. The third kappa shape index (κ3) is 5.43. The maximum absolute atomic E-state index is 5.65. The molecule has 124 valence electrons. The van der Waals surface area contributed by atoms with Crippen LogP contribution in [-0.4, -0.2) is 29.7 Å². The van der Waals surface area contributed by atoms with Crippen molar-refractivity contribution in [1.29, 1.82) is 0 Å². The summed E-state index contributed by atoms with van der Waals surface area (Å²) in [5, 5.41) is 3.30. The first-order valence-corrected chi connectivity index (χ1v) is 8.16. The molecule has 5 nitrogen and oxygen atoms in total. The molecule has 0 atom stereocenters. The fourth-order valence-electron chi connectivity index (χ4n) is 2.13. The quantitative estimate of drug-likeness (QED) is 0.789. The molecule has 1 aromatic heterocycles. The molecule has 0 saturated heterocycles. The Kier molecular flexibility index (Phi) is 6.20. The van der Waals surface area contributed by atoms with Gasteiger partial charge in [-0.1, -0.05) is 13.3 Å². The number of hydrogen-bond donors (Lipinski definition) is 1. The van der Waals surface area contributed by atoms with E-state index in [4.69, 9.17) is 4.74 Å². The molecule has 5 heteroatoms. The van der Waals surface area contributed by atoms with Crippen LogP contribution < -0.4 is 15.0 Å². The molecule has 0 fully saturated rings. The predicted molar refractivity (Wildman–Crippen MR) is 95.7 cm³/mol. The van der Waals surface area contributed by atoms with Crippen LogP contribution in [0.5, 0.6) is 5.75 Å². The molecule has 0 spiro atoms. The van der Waals surface area contributed by atoms with E-state index in [1.807, 2.05) is 51.2 Å². The summed E-state index contributed by atoms with van der Waals surface area (Å²) in [5.74, 6) is 2.40. The van der Waals surface area contributed by atoms with Gasteiger partial charge in [-0.2, -0.15) is 4.98 Å². The van der Waals surface area contributed by atoms with Crippen molar-refractivity contribution in [2.75, 3.05) is 23.8 Å². The van der Waals surface area contributed by atoms with Gasteiger partial charge in [-0.25, -0.2) is 4.98 Å². The van der Waals surface area contributed by atoms with Crippen molar-refractivity contribution < 1.29 is 4.74 Å². The van der Waals surface area contributed by atoms with Crippen molar-refractivity contribution >= 4 is 17.5 Å².